The van der Waals surface area contributed by atoms with E-state index in [4.69, 9.17) is 0 Å². The van der Waals surface area contributed by atoms with E-state index in [-0.39, 0.29) is 0 Å². The highest BCUT2D eigenvalue weighted by Gasteiger charge is 2.08. The largest absolute Gasteiger partial charge is 0.349 e. The highest BCUT2D eigenvalue weighted by molar-refractivity contribution is 7.11. The van der Waals surface area contributed by atoms with E-state index < -0.39 is 0 Å². The fraction of sp³-hybridized carbons (Fsp3) is 0.467. The van der Waals surface area contributed by atoms with Crippen LogP contribution in [0.1, 0.15) is 41.6 Å². The molecule has 0 bridgehead atoms. The van der Waals surface area contributed by atoms with E-state index in [0.717, 1.165) is 19.4 Å². The van der Waals surface area contributed by atoms with E-state index >= 15 is 0 Å². The van der Waals surface area contributed by atoms with Crippen LogP contribution in [0.5, 0.6) is 0 Å². The number of aryl methyl sites for hydroxylation is 1. The van der Waals surface area contributed by atoms with Crippen LogP contribution in [0.25, 0.3) is 0 Å². The zero-order chi connectivity index (χ0) is 13.0. The summed E-state index contributed by atoms with van der Waals surface area (Å²) in [7, 11) is 2.03. The summed E-state index contributed by atoms with van der Waals surface area (Å²) in [5.74, 6) is 0. The molecule has 0 aliphatic rings. The third-order valence-electron chi connectivity index (χ3n) is 3.34. The molecule has 0 fully saturated rings. The Morgan fingerprint density at radius 1 is 1.22 bits per heavy atom. The van der Waals surface area contributed by atoms with Gasteiger partial charge in [-0.25, -0.2) is 0 Å². The van der Waals surface area contributed by atoms with E-state index in [9.17, 15) is 0 Å². The molecule has 0 amide bonds. The van der Waals surface area contributed by atoms with Crippen LogP contribution in [0.2, 0.25) is 0 Å². The molecule has 3 heteroatoms. The lowest BCUT2D eigenvalue weighted by Crippen LogP contribution is -2.14. The molecule has 1 atom stereocenters. The van der Waals surface area contributed by atoms with Crippen molar-refractivity contribution >= 4 is 11.3 Å². The van der Waals surface area contributed by atoms with Crippen LogP contribution in [-0.2, 0) is 13.0 Å². The standard InChI is InChI=1S/C15H22N2S/c1-4-13-6-7-14(18-13)11-17-9-8-12(10-17)15(5-2)16-3/h6-10,15-16H,4-5,11H2,1-3H3. The lowest BCUT2D eigenvalue weighted by atomic mass is 10.1. The molecule has 0 saturated carbocycles. The Hall–Kier alpha value is -1.06. The van der Waals surface area contributed by atoms with Crippen molar-refractivity contribution in [3.63, 3.8) is 0 Å². The van der Waals surface area contributed by atoms with Gasteiger partial charge in [-0.15, -0.1) is 11.3 Å². The van der Waals surface area contributed by atoms with Crippen LogP contribution >= 0.6 is 11.3 Å². The average Bonchev–Trinajstić information content (AvgIpc) is 3.01. The summed E-state index contributed by atoms with van der Waals surface area (Å²) in [6, 6.07) is 7.19. The van der Waals surface area contributed by atoms with Gasteiger partial charge in [0, 0.05) is 28.2 Å². The Labute approximate surface area is 114 Å². The topological polar surface area (TPSA) is 17.0 Å². The molecular formula is C15H22N2S. The van der Waals surface area contributed by atoms with Gasteiger partial charge >= 0.3 is 0 Å². The number of aromatic nitrogens is 1. The second kappa shape index (κ2) is 6.21. The molecule has 18 heavy (non-hydrogen) atoms. The number of nitrogens with zero attached hydrogens (tertiary/aromatic N) is 1. The van der Waals surface area contributed by atoms with Gasteiger partial charge in [0.15, 0.2) is 0 Å². The summed E-state index contributed by atoms with van der Waals surface area (Å²) in [6.45, 7) is 5.41. The van der Waals surface area contributed by atoms with Crippen molar-refractivity contribution in [1.82, 2.24) is 9.88 Å². The first kappa shape index (κ1) is 13.4. The summed E-state index contributed by atoms with van der Waals surface area (Å²) in [6.07, 6.45) is 6.70. The molecule has 98 valence electrons. The van der Waals surface area contributed by atoms with Crippen molar-refractivity contribution in [2.24, 2.45) is 0 Å². The molecule has 1 unspecified atom stereocenters. The molecule has 2 aromatic rings. The van der Waals surface area contributed by atoms with Crippen molar-refractivity contribution in [1.29, 1.82) is 0 Å². The van der Waals surface area contributed by atoms with E-state index in [1.165, 1.54) is 15.3 Å². The lowest BCUT2D eigenvalue weighted by Gasteiger charge is -2.11. The first-order chi connectivity index (χ1) is 8.76. The average molecular weight is 262 g/mol. The molecule has 0 radical (unpaired) electrons. The monoisotopic (exact) mass is 262 g/mol. The molecule has 2 aromatic heterocycles. The van der Waals surface area contributed by atoms with Gasteiger partial charge in [-0.3, -0.25) is 0 Å². The SMILES string of the molecule is CCc1ccc(Cn2ccc(C(CC)NC)c2)s1. The lowest BCUT2D eigenvalue weighted by molar-refractivity contribution is 0.575. The normalized spacial score (nSPS) is 12.8. The van der Waals surface area contributed by atoms with Crippen LogP contribution in [-0.4, -0.2) is 11.6 Å². The Bertz CT molecular complexity index is 480. The van der Waals surface area contributed by atoms with Gasteiger partial charge in [-0.05, 0) is 43.7 Å². The number of hydrogen-bond donors (Lipinski definition) is 1. The van der Waals surface area contributed by atoms with Crippen LogP contribution in [0.15, 0.2) is 30.6 Å². The third-order valence-corrected chi connectivity index (χ3v) is 4.55. The highest BCUT2D eigenvalue weighted by atomic mass is 32.1. The fourth-order valence-corrected chi connectivity index (χ4v) is 3.21. The van der Waals surface area contributed by atoms with Gasteiger partial charge in [0.25, 0.3) is 0 Å². The number of thiophene rings is 1. The van der Waals surface area contributed by atoms with Gasteiger partial charge in [0.1, 0.15) is 0 Å². The van der Waals surface area contributed by atoms with Crippen molar-refractivity contribution in [3.8, 4) is 0 Å². The van der Waals surface area contributed by atoms with Gasteiger partial charge in [-0.1, -0.05) is 13.8 Å². The summed E-state index contributed by atoms with van der Waals surface area (Å²) < 4.78 is 2.28. The Kier molecular flexibility index (Phi) is 4.61. The molecule has 1 N–H and O–H groups in total. The fourth-order valence-electron chi connectivity index (χ4n) is 2.25. The second-order valence-corrected chi connectivity index (χ2v) is 5.84. The van der Waals surface area contributed by atoms with Gasteiger partial charge in [0.2, 0.25) is 0 Å². The molecule has 2 heterocycles. The van der Waals surface area contributed by atoms with Gasteiger partial charge < -0.3 is 9.88 Å². The number of nitrogens with one attached hydrogen (secondary N) is 1. The summed E-state index contributed by atoms with van der Waals surface area (Å²) >= 11 is 1.92. The van der Waals surface area contributed by atoms with E-state index in [2.05, 4.69) is 54.3 Å². The first-order valence-corrected chi connectivity index (χ1v) is 7.49. The molecule has 0 aliphatic carbocycles. The quantitative estimate of drug-likeness (QED) is 0.837. The van der Waals surface area contributed by atoms with Crippen molar-refractivity contribution in [2.75, 3.05) is 7.05 Å². The molecule has 2 nitrogen and oxygen atoms in total. The van der Waals surface area contributed by atoms with Gasteiger partial charge in [0.05, 0.1) is 6.54 Å². The van der Waals surface area contributed by atoms with Gasteiger partial charge in [-0.2, -0.15) is 0 Å². The van der Waals surface area contributed by atoms with Crippen molar-refractivity contribution in [2.45, 2.75) is 39.3 Å². The maximum Gasteiger partial charge on any atom is 0.0563 e. The highest BCUT2D eigenvalue weighted by Crippen LogP contribution is 2.20. The first-order valence-electron chi connectivity index (χ1n) is 6.67. The molecule has 2 rings (SSSR count). The van der Waals surface area contributed by atoms with Crippen LogP contribution in [0.3, 0.4) is 0 Å². The second-order valence-electron chi connectivity index (χ2n) is 4.59. The Morgan fingerprint density at radius 3 is 2.61 bits per heavy atom. The number of hydrogen-bond acceptors (Lipinski definition) is 2. The van der Waals surface area contributed by atoms with Crippen molar-refractivity contribution < 1.29 is 0 Å². The number of rotatable bonds is 6. The molecule has 0 saturated heterocycles. The smallest absolute Gasteiger partial charge is 0.0563 e. The van der Waals surface area contributed by atoms with E-state index in [0.29, 0.717) is 6.04 Å². The Morgan fingerprint density at radius 2 is 2.00 bits per heavy atom. The molecular weight excluding hydrogens is 240 g/mol. The summed E-state index contributed by atoms with van der Waals surface area (Å²) in [4.78, 5) is 2.91. The van der Waals surface area contributed by atoms with Crippen molar-refractivity contribution in [3.05, 3.63) is 45.9 Å². The van der Waals surface area contributed by atoms with Crippen LogP contribution in [0.4, 0.5) is 0 Å². The summed E-state index contributed by atoms with van der Waals surface area (Å²) in [5, 5.41) is 3.35. The molecule has 0 aromatic carbocycles. The minimum absolute atomic E-state index is 0.473. The third kappa shape index (κ3) is 3.03. The zero-order valence-electron chi connectivity index (χ0n) is 11.4. The van der Waals surface area contributed by atoms with Crippen LogP contribution < -0.4 is 5.32 Å². The minimum atomic E-state index is 0.473. The van der Waals surface area contributed by atoms with E-state index in [1.807, 2.05) is 18.4 Å². The minimum Gasteiger partial charge on any atom is -0.349 e. The summed E-state index contributed by atoms with van der Waals surface area (Å²) in [5.41, 5.74) is 1.38. The van der Waals surface area contributed by atoms with Crippen LogP contribution in [0, 0.1) is 0 Å². The zero-order valence-corrected chi connectivity index (χ0v) is 12.3. The maximum atomic E-state index is 3.35. The molecule has 0 aliphatic heterocycles. The molecule has 0 spiro atoms. The maximum absolute atomic E-state index is 3.35. The Balaban J connectivity index is 2.06. The predicted molar refractivity (Wildman–Crippen MR) is 79.3 cm³/mol. The predicted octanol–water partition coefficient (Wildman–Crippen LogP) is 3.83. The van der Waals surface area contributed by atoms with E-state index in [1.54, 1.807) is 0 Å².